The summed E-state index contributed by atoms with van der Waals surface area (Å²) in [6, 6.07) is 42.6. The van der Waals surface area contributed by atoms with Gasteiger partial charge in [0.15, 0.2) is 6.10 Å². The van der Waals surface area contributed by atoms with Gasteiger partial charge in [-0.3, -0.25) is 0 Å². The van der Waals surface area contributed by atoms with Crippen LogP contribution in [0.1, 0.15) is 27.7 Å². The third-order valence-corrected chi connectivity index (χ3v) is 7.31. The summed E-state index contributed by atoms with van der Waals surface area (Å²) in [7, 11) is 1.78. The second kappa shape index (κ2) is 11.5. The van der Waals surface area contributed by atoms with Crippen LogP contribution < -0.4 is 10.4 Å². The van der Waals surface area contributed by atoms with E-state index in [1.165, 1.54) is 10.8 Å². The van der Waals surface area contributed by atoms with Crippen LogP contribution in [0.2, 0.25) is 0 Å². The van der Waals surface area contributed by atoms with E-state index in [1.807, 2.05) is 13.8 Å². The summed E-state index contributed by atoms with van der Waals surface area (Å²) >= 11 is 0. The lowest BCUT2D eigenvalue weighted by atomic mass is 9.83. The van der Waals surface area contributed by atoms with E-state index in [0.717, 1.165) is 33.7 Å². The van der Waals surface area contributed by atoms with Crippen LogP contribution in [0.4, 0.5) is 17.1 Å². The maximum absolute atomic E-state index is 8.39. The van der Waals surface area contributed by atoms with E-state index in [2.05, 4.69) is 140 Å². The van der Waals surface area contributed by atoms with E-state index in [1.54, 1.807) is 7.48 Å². The minimum atomic E-state index is -0.544. The summed E-state index contributed by atoms with van der Waals surface area (Å²) < 4.78 is 6.02. The van der Waals surface area contributed by atoms with Crippen molar-refractivity contribution in [1.29, 1.82) is 0 Å². The maximum atomic E-state index is 8.39. The molecule has 0 saturated heterocycles. The fourth-order valence-corrected chi connectivity index (χ4v) is 5.06. The predicted octanol–water partition coefficient (Wildman–Crippen LogP) is 7.77. The Kier molecular flexibility index (Phi) is 7.88. The van der Waals surface area contributed by atoms with Crippen molar-refractivity contribution in [1.82, 2.24) is 0 Å². The van der Waals surface area contributed by atoms with Gasteiger partial charge in [0.25, 0.3) is 0 Å². The molecule has 195 valence electrons. The lowest BCUT2D eigenvalue weighted by Crippen LogP contribution is -2.44. The molecule has 0 bridgehead atoms. The fourth-order valence-electron chi connectivity index (χ4n) is 5.06. The van der Waals surface area contributed by atoms with Gasteiger partial charge < -0.3 is 14.7 Å². The Morgan fingerprint density at radius 1 is 0.667 bits per heavy atom. The normalized spacial score (nSPS) is 12.5. The summed E-state index contributed by atoms with van der Waals surface area (Å²) in [5, 5.41) is 10.8. The number of fused-ring (bicyclic) bond motifs is 1. The zero-order valence-electron chi connectivity index (χ0n) is 23.1. The van der Waals surface area contributed by atoms with Gasteiger partial charge in [-0.05, 0) is 60.7 Å². The number of nitrogens with zero attached hydrogens (tertiary/aromatic N) is 1. The Morgan fingerprint density at radius 3 is 1.90 bits per heavy atom. The topological polar surface area (TPSA) is 35.4 Å². The summed E-state index contributed by atoms with van der Waals surface area (Å²) in [4.78, 5) is 2.32. The summed E-state index contributed by atoms with van der Waals surface area (Å²) in [5.74, 6) is 0.233. The average Bonchev–Trinajstić information content (AvgIpc) is 2.97. The second-order valence-corrected chi connectivity index (χ2v) is 10.9. The molecule has 0 amide bonds. The third-order valence-electron chi connectivity index (χ3n) is 7.31. The third kappa shape index (κ3) is 5.93. The number of hydrogen-bond donors (Lipinski definition) is 0. The van der Waals surface area contributed by atoms with Crippen molar-refractivity contribution in [2.75, 3.05) is 4.90 Å². The highest BCUT2D eigenvalue weighted by Gasteiger charge is 2.35. The quantitative estimate of drug-likeness (QED) is 0.149. The maximum Gasteiger partial charge on any atom is 0.331 e. The minimum Gasteiger partial charge on any atom is -0.441 e. The molecule has 4 heteroatoms. The van der Waals surface area contributed by atoms with Crippen molar-refractivity contribution in [3.05, 3.63) is 121 Å². The molecule has 0 aliphatic carbocycles. The van der Waals surface area contributed by atoms with Gasteiger partial charge in [0.05, 0.1) is 5.69 Å². The smallest absolute Gasteiger partial charge is 0.331 e. The molecular weight excluding hydrogens is 477 g/mol. The van der Waals surface area contributed by atoms with Crippen LogP contribution in [0.15, 0.2) is 121 Å². The van der Waals surface area contributed by atoms with E-state index < -0.39 is 5.60 Å². The van der Waals surface area contributed by atoms with E-state index in [9.17, 15) is 0 Å². The first-order valence-electron chi connectivity index (χ1n) is 13.6. The first kappa shape index (κ1) is 26.7. The lowest BCUT2D eigenvalue weighted by Gasteiger charge is -2.30. The molecule has 0 spiro atoms. The highest BCUT2D eigenvalue weighted by molar-refractivity contribution is 6.47. The molecule has 1 radical (unpaired) electrons. The van der Waals surface area contributed by atoms with Gasteiger partial charge in [-0.2, -0.15) is 0 Å². The molecule has 0 heterocycles. The number of hydrogen-bond acceptors (Lipinski definition) is 2. The molecule has 39 heavy (non-hydrogen) atoms. The van der Waals surface area contributed by atoms with Crippen LogP contribution in [0.25, 0.3) is 21.9 Å². The standard InChI is InChI=1S/C35H35BNO2/c1-25(2)34(38)35(3,4)39-36-29-21-17-26(18-22-29)27-19-23-31(24-20-27)37(30-13-6-5-7-14-30)33-16-10-12-28-11-8-9-15-32(28)33/h5-25,34,38H,1-4H3/p+1. The van der Waals surface area contributed by atoms with Crippen LogP contribution in [-0.4, -0.2) is 24.3 Å². The van der Waals surface area contributed by atoms with Crippen molar-refractivity contribution < 1.29 is 9.76 Å². The van der Waals surface area contributed by atoms with Gasteiger partial charge >= 0.3 is 7.48 Å². The van der Waals surface area contributed by atoms with Gasteiger partial charge in [0.2, 0.25) is 0 Å². The van der Waals surface area contributed by atoms with Gasteiger partial charge in [0, 0.05) is 22.7 Å². The molecule has 0 saturated carbocycles. The highest BCUT2D eigenvalue weighted by Crippen LogP contribution is 2.39. The molecule has 5 aromatic carbocycles. The van der Waals surface area contributed by atoms with E-state index in [4.69, 9.17) is 9.76 Å². The van der Waals surface area contributed by atoms with E-state index >= 15 is 0 Å². The molecule has 1 atom stereocenters. The van der Waals surface area contributed by atoms with Crippen molar-refractivity contribution in [3.8, 4) is 11.1 Å². The van der Waals surface area contributed by atoms with Crippen LogP contribution in [0.5, 0.6) is 0 Å². The fraction of sp³-hybridized carbons (Fsp3) is 0.200. The number of anilines is 3. The van der Waals surface area contributed by atoms with Crippen LogP contribution >= 0.6 is 0 Å². The molecule has 0 aromatic heterocycles. The zero-order valence-corrected chi connectivity index (χ0v) is 23.1. The Bertz CT molecular complexity index is 1510. The van der Waals surface area contributed by atoms with Gasteiger partial charge in [-0.1, -0.05) is 110 Å². The second-order valence-electron chi connectivity index (χ2n) is 10.9. The average molecular weight is 513 g/mol. The van der Waals surface area contributed by atoms with Crippen LogP contribution in [0, 0.1) is 5.92 Å². The Labute approximate surface area is 233 Å². The predicted molar refractivity (Wildman–Crippen MR) is 167 cm³/mol. The number of para-hydroxylation sites is 1. The van der Waals surface area contributed by atoms with Gasteiger partial charge in [-0.25, -0.2) is 0 Å². The summed E-state index contributed by atoms with van der Waals surface area (Å²) in [6.07, 6.45) is -0.295. The minimum absolute atomic E-state index is 0.233. The van der Waals surface area contributed by atoms with Gasteiger partial charge in [0.1, 0.15) is 5.60 Å². The van der Waals surface area contributed by atoms with Gasteiger partial charge in [-0.15, -0.1) is 0 Å². The van der Waals surface area contributed by atoms with Crippen molar-refractivity contribution >= 4 is 40.8 Å². The van der Waals surface area contributed by atoms with Crippen LogP contribution in [0.3, 0.4) is 0 Å². The molecule has 1 unspecified atom stereocenters. The largest absolute Gasteiger partial charge is 0.441 e. The summed E-state index contributed by atoms with van der Waals surface area (Å²) in [5.41, 5.74) is 6.14. The Balaban J connectivity index is 1.39. The number of rotatable bonds is 9. The molecule has 5 aromatic rings. The molecular formula is C35H36BNO2+. The first-order chi connectivity index (χ1) is 18.8. The van der Waals surface area contributed by atoms with Crippen LogP contribution in [-0.2, 0) is 4.65 Å². The zero-order chi connectivity index (χ0) is 27.4. The molecule has 0 aliphatic rings. The molecule has 3 nitrogen and oxygen atoms in total. The molecule has 0 aliphatic heterocycles. The Hall–Kier alpha value is -3.86. The summed E-state index contributed by atoms with van der Waals surface area (Å²) in [6.45, 7) is 8.08. The number of benzene rings is 5. The lowest BCUT2D eigenvalue weighted by molar-refractivity contribution is -0.0499. The van der Waals surface area contributed by atoms with Crippen molar-refractivity contribution in [2.24, 2.45) is 5.92 Å². The highest BCUT2D eigenvalue weighted by atomic mass is 16.5. The van der Waals surface area contributed by atoms with Crippen molar-refractivity contribution in [2.45, 2.75) is 39.4 Å². The van der Waals surface area contributed by atoms with Crippen molar-refractivity contribution in [3.63, 3.8) is 0 Å². The van der Waals surface area contributed by atoms with E-state index in [0.29, 0.717) is 0 Å². The molecule has 5 rings (SSSR count). The first-order valence-corrected chi connectivity index (χ1v) is 13.6. The molecule has 2 N–H and O–H groups in total. The monoisotopic (exact) mass is 513 g/mol. The molecule has 0 fully saturated rings. The van der Waals surface area contributed by atoms with E-state index in [-0.39, 0.29) is 12.0 Å². The SMILES string of the molecule is CC(C)C([OH2+])C(C)(C)O[B]c1ccc(-c2ccc(N(c3ccccc3)c3cccc4ccccc34)cc2)cc1. The Morgan fingerprint density at radius 2 is 1.23 bits per heavy atom.